The lowest BCUT2D eigenvalue weighted by molar-refractivity contribution is 0.0762. The van der Waals surface area contributed by atoms with Crippen LogP contribution in [0.25, 0.3) is 0 Å². The van der Waals surface area contributed by atoms with Crippen molar-refractivity contribution in [3.63, 3.8) is 0 Å². The average molecular weight is 444 g/mol. The zero-order valence-corrected chi connectivity index (χ0v) is 18.2. The maximum absolute atomic E-state index is 13.1. The van der Waals surface area contributed by atoms with Gasteiger partial charge < -0.3 is 15.1 Å². The van der Waals surface area contributed by atoms with Crippen molar-refractivity contribution >= 4 is 23.5 Å². The number of benzene rings is 2. The molecule has 2 aromatic carbocycles. The number of nitrogens with one attached hydrogen (secondary N) is 1. The highest BCUT2D eigenvalue weighted by Crippen LogP contribution is 2.38. The van der Waals surface area contributed by atoms with Crippen LogP contribution in [0.2, 0.25) is 5.02 Å². The van der Waals surface area contributed by atoms with Crippen molar-refractivity contribution in [1.29, 1.82) is 0 Å². The Kier molecular flexibility index (Phi) is 6.76. The molecule has 0 bridgehead atoms. The minimum absolute atomic E-state index is 0.0290. The summed E-state index contributed by atoms with van der Waals surface area (Å²) < 4.78 is 13.1. The molecule has 31 heavy (non-hydrogen) atoms. The molecule has 2 fully saturated rings. The van der Waals surface area contributed by atoms with Gasteiger partial charge in [0.2, 0.25) is 0 Å². The van der Waals surface area contributed by atoms with E-state index >= 15 is 0 Å². The SMILES string of the molecule is O=C(NC(c1ccc(Cl)cc1)C1CCC1)N1CCCN(C(=O)c2ccc(F)cc2)CC1. The summed E-state index contributed by atoms with van der Waals surface area (Å²) >= 11 is 6.03. The third-order valence-electron chi connectivity index (χ3n) is 6.29. The minimum Gasteiger partial charge on any atom is -0.337 e. The number of halogens is 2. The van der Waals surface area contributed by atoms with Gasteiger partial charge in [-0.3, -0.25) is 4.79 Å². The Labute approximate surface area is 187 Å². The van der Waals surface area contributed by atoms with Gasteiger partial charge in [-0.15, -0.1) is 0 Å². The molecule has 2 aliphatic rings. The highest BCUT2D eigenvalue weighted by molar-refractivity contribution is 6.30. The number of amides is 3. The monoisotopic (exact) mass is 443 g/mol. The van der Waals surface area contributed by atoms with Crippen LogP contribution in [0.4, 0.5) is 9.18 Å². The van der Waals surface area contributed by atoms with Crippen molar-refractivity contribution in [2.75, 3.05) is 26.2 Å². The van der Waals surface area contributed by atoms with Crippen LogP contribution in [0.3, 0.4) is 0 Å². The first-order chi connectivity index (χ1) is 15.0. The summed E-state index contributed by atoms with van der Waals surface area (Å²) in [7, 11) is 0. The van der Waals surface area contributed by atoms with Gasteiger partial charge in [0.25, 0.3) is 5.91 Å². The predicted molar refractivity (Wildman–Crippen MR) is 119 cm³/mol. The maximum Gasteiger partial charge on any atom is 0.317 e. The highest BCUT2D eigenvalue weighted by atomic mass is 35.5. The van der Waals surface area contributed by atoms with Crippen molar-refractivity contribution in [2.24, 2.45) is 5.92 Å². The first kappa shape index (κ1) is 21.6. The van der Waals surface area contributed by atoms with Gasteiger partial charge in [0.05, 0.1) is 6.04 Å². The molecular formula is C24H27ClFN3O2. The van der Waals surface area contributed by atoms with Crippen LogP contribution >= 0.6 is 11.6 Å². The average Bonchev–Trinajstić information content (AvgIpc) is 2.99. The smallest absolute Gasteiger partial charge is 0.317 e. The van der Waals surface area contributed by atoms with E-state index in [4.69, 9.17) is 11.6 Å². The van der Waals surface area contributed by atoms with E-state index in [1.165, 1.54) is 30.7 Å². The van der Waals surface area contributed by atoms with Gasteiger partial charge in [0.1, 0.15) is 5.82 Å². The molecule has 1 atom stereocenters. The molecule has 1 aliphatic heterocycles. The summed E-state index contributed by atoms with van der Waals surface area (Å²) in [5.74, 6) is -0.0543. The molecule has 1 unspecified atom stereocenters. The number of hydrogen-bond acceptors (Lipinski definition) is 2. The molecule has 1 saturated heterocycles. The fourth-order valence-electron chi connectivity index (χ4n) is 4.24. The number of hydrogen-bond donors (Lipinski definition) is 1. The number of nitrogens with zero attached hydrogens (tertiary/aromatic N) is 2. The molecule has 2 aromatic rings. The summed E-state index contributed by atoms with van der Waals surface area (Å²) in [6.45, 7) is 2.09. The Balaban J connectivity index is 1.38. The topological polar surface area (TPSA) is 52.7 Å². The first-order valence-electron chi connectivity index (χ1n) is 10.9. The Morgan fingerprint density at radius 1 is 0.903 bits per heavy atom. The van der Waals surface area contributed by atoms with E-state index in [9.17, 15) is 14.0 Å². The molecule has 0 aromatic heterocycles. The van der Waals surface area contributed by atoms with Gasteiger partial charge in [0.15, 0.2) is 0 Å². The molecule has 5 nitrogen and oxygen atoms in total. The zero-order valence-electron chi connectivity index (χ0n) is 17.4. The second-order valence-electron chi connectivity index (χ2n) is 8.31. The van der Waals surface area contributed by atoms with Gasteiger partial charge in [-0.1, -0.05) is 30.2 Å². The molecule has 0 radical (unpaired) electrons. The van der Waals surface area contributed by atoms with Crippen molar-refractivity contribution in [1.82, 2.24) is 15.1 Å². The molecular weight excluding hydrogens is 417 g/mol. The standard InChI is InChI=1S/C24H27ClFN3O2/c25-20-9-5-18(6-10-20)22(17-3-1-4-17)27-24(31)29-14-2-13-28(15-16-29)23(30)19-7-11-21(26)12-8-19/h5-12,17,22H,1-4,13-16H2,(H,27,31). The van der Waals surface area contributed by atoms with Gasteiger partial charge >= 0.3 is 6.03 Å². The first-order valence-corrected chi connectivity index (χ1v) is 11.2. The Morgan fingerprint density at radius 2 is 1.55 bits per heavy atom. The lowest BCUT2D eigenvalue weighted by Crippen LogP contribution is -2.46. The molecule has 0 spiro atoms. The van der Waals surface area contributed by atoms with Gasteiger partial charge in [-0.25, -0.2) is 9.18 Å². The predicted octanol–water partition coefficient (Wildman–Crippen LogP) is 4.88. The van der Waals surface area contributed by atoms with E-state index in [1.54, 1.807) is 9.80 Å². The minimum atomic E-state index is -0.364. The van der Waals surface area contributed by atoms with Crippen molar-refractivity contribution in [2.45, 2.75) is 31.7 Å². The van der Waals surface area contributed by atoms with Gasteiger partial charge in [-0.2, -0.15) is 0 Å². The molecule has 1 N–H and O–H groups in total. The molecule has 164 valence electrons. The molecule has 1 aliphatic carbocycles. The lowest BCUT2D eigenvalue weighted by Gasteiger charge is -2.36. The molecule has 3 amide bonds. The number of carbonyl (C=O) groups excluding carboxylic acids is 2. The van der Waals surface area contributed by atoms with Crippen LogP contribution in [-0.2, 0) is 0 Å². The van der Waals surface area contributed by atoms with Gasteiger partial charge in [0, 0.05) is 36.8 Å². The van der Waals surface area contributed by atoms with E-state index in [-0.39, 0.29) is 23.8 Å². The van der Waals surface area contributed by atoms with Gasteiger partial charge in [-0.05, 0) is 67.1 Å². The van der Waals surface area contributed by atoms with Crippen LogP contribution in [0.5, 0.6) is 0 Å². The highest BCUT2D eigenvalue weighted by Gasteiger charge is 2.31. The van der Waals surface area contributed by atoms with E-state index in [0.717, 1.165) is 18.4 Å². The summed E-state index contributed by atoms with van der Waals surface area (Å²) in [4.78, 5) is 29.3. The number of urea groups is 1. The summed E-state index contributed by atoms with van der Waals surface area (Å²) in [5, 5.41) is 3.91. The van der Waals surface area contributed by atoms with Crippen molar-refractivity contribution in [3.05, 3.63) is 70.5 Å². The normalized spacial score (nSPS) is 18.1. The van der Waals surface area contributed by atoms with Crippen LogP contribution in [0, 0.1) is 11.7 Å². The van der Waals surface area contributed by atoms with Crippen molar-refractivity contribution in [3.8, 4) is 0 Å². The lowest BCUT2D eigenvalue weighted by atomic mass is 9.77. The Hall–Kier alpha value is -2.60. The fourth-order valence-corrected chi connectivity index (χ4v) is 4.37. The third-order valence-corrected chi connectivity index (χ3v) is 6.54. The van der Waals surface area contributed by atoms with Crippen LogP contribution in [-0.4, -0.2) is 47.9 Å². The van der Waals surface area contributed by atoms with Crippen LogP contribution in [0.1, 0.15) is 47.6 Å². The molecule has 1 heterocycles. The largest absolute Gasteiger partial charge is 0.337 e. The van der Waals surface area contributed by atoms with Crippen molar-refractivity contribution < 1.29 is 14.0 Å². The van der Waals surface area contributed by atoms with E-state index in [1.807, 2.05) is 24.3 Å². The number of carbonyl (C=O) groups is 2. The summed E-state index contributed by atoms with van der Waals surface area (Å²) in [6.07, 6.45) is 4.10. The molecule has 7 heteroatoms. The van der Waals surface area contributed by atoms with E-state index in [2.05, 4.69) is 5.32 Å². The summed E-state index contributed by atoms with van der Waals surface area (Å²) in [6, 6.07) is 13.2. The summed E-state index contributed by atoms with van der Waals surface area (Å²) in [5.41, 5.74) is 1.54. The van der Waals surface area contributed by atoms with Crippen LogP contribution in [0.15, 0.2) is 48.5 Å². The number of rotatable bonds is 4. The third kappa shape index (κ3) is 5.18. The van der Waals surface area contributed by atoms with E-state index in [0.29, 0.717) is 49.1 Å². The molecule has 1 saturated carbocycles. The fraction of sp³-hybridized carbons (Fsp3) is 0.417. The second-order valence-corrected chi connectivity index (χ2v) is 8.75. The Morgan fingerprint density at radius 3 is 2.19 bits per heavy atom. The Bertz CT molecular complexity index is 915. The maximum atomic E-state index is 13.1. The van der Waals surface area contributed by atoms with Crippen LogP contribution < -0.4 is 5.32 Å². The zero-order chi connectivity index (χ0) is 21.8. The second kappa shape index (κ2) is 9.69. The molecule has 4 rings (SSSR count). The quantitative estimate of drug-likeness (QED) is 0.732. The van der Waals surface area contributed by atoms with E-state index < -0.39 is 0 Å².